The second kappa shape index (κ2) is 7.91. The Bertz CT molecular complexity index is 785. The number of nitrogens with zero attached hydrogens (tertiary/aromatic N) is 1. The zero-order valence-electron chi connectivity index (χ0n) is 15.1. The highest BCUT2D eigenvalue weighted by molar-refractivity contribution is 6.06. The molecule has 136 valence electrons. The molecule has 3 N–H and O–H groups in total. The first-order chi connectivity index (χ1) is 12.6. The molecule has 0 saturated heterocycles. The number of hydrogen-bond donors (Lipinski definition) is 3. The molecule has 0 spiro atoms. The number of hydrogen-bond acceptors (Lipinski definition) is 4. The van der Waals surface area contributed by atoms with Crippen molar-refractivity contribution in [2.24, 2.45) is 0 Å². The molecule has 0 aromatic heterocycles. The molecule has 1 aliphatic rings. The van der Waals surface area contributed by atoms with Crippen molar-refractivity contribution in [3.8, 4) is 0 Å². The van der Waals surface area contributed by atoms with Crippen LogP contribution < -0.4 is 20.9 Å². The maximum absolute atomic E-state index is 12.3. The van der Waals surface area contributed by atoms with Crippen LogP contribution in [0.3, 0.4) is 0 Å². The van der Waals surface area contributed by atoms with Crippen LogP contribution in [0, 0.1) is 0 Å². The Balaban J connectivity index is 1.60. The summed E-state index contributed by atoms with van der Waals surface area (Å²) in [7, 11) is 0. The standard InChI is InChI=1S/C20H24N4O2/c1-3-24(4-2)15-11-9-14(10-12-15)21-19(25)13-18-20(26)23-17-8-6-5-7-16(17)22-18/h5-12,18,22H,3-4,13H2,1-2H3,(H,21,25)(H,23,26). The third kappa shape index (κ3) is 3.96. The van der Waals surface area contributed by atoms with Gasteiger partial charge in [-0.15, -0.1) is 0 Å². The first-order valence-corrected chi connectivity index (χ1v) is 8.92. The number of anilines is 4. The van der Waals surface area contributed by atoms with Crippen LogP contribution in [-0.4, -0.2) is 30.9 Å². The lowest BCUT2D eigenvalue weighted by Gasteiger charge is -2.26. The van der Waals surface area contributed by atoms with Gasteiger partial charge in [0.25, 0.3) is 0 Å². The summed E-state index contributed by atoms with van der Waals surface area (Å²) in [5, 5.41) is 8.81. The van der Waals surface area contributed by atoms with Gasteiger partial charge >= 0.3 is 0 Å². The fourth-order valence-corrected chi connectivity index (χ4v) is 3.08. The van der Waals surface area contributed by atoms with E-state index in [4.69, 9.17) is 0 Å². The van der Waals surface area contributed by atoms with Crippen molar-refractivity contribution < 1.29 is 9.59 Å². The Hall–Kier alpha value is -3.02. The average Bonchev–Trinajstić information content (AvgIpc) is 2.64. The van der Waals surface area contributed by atoms with Crippen LogP contribution in [0.2, 0.25) is 0 Å². The maximum atomic E-state index is 12.3. The van der Waals surface area contributed by atoms with Crippen LogP contribution in [0.5, 0.6) is 0 Å². The van der Waals surface area contributed by atoms with Gasteiger partial charge in [0.05, 0.1) is 17.8 Å². The highest BCUT2D eigenvalue weighted by atomic mass is 16.2. The van der Waals surface area contributed by atoms with Crippen LogP contribution in [0.25, 0.3) is 0 Å². The number of carbonyl (C=O) groups is 2. The van der Waals surface area contributed by atoms with Gasteiger partial charge in [0.15, 0.2) is 0 Å². The number of nitrogens with one attached hydrogen (secondary N) is 3. The smallest absolute Gasteiger partial charge is 0.247 e. The summed E-state index contributed by atoms with van der Waals surface area (Å²) in [6.45, 7) is 6.09. The van der Waals surface area contributed by atoms with Gasteiger partial charge in [-0.2, -0.15) is 0 Å². The van der Waals surface area contributed by atoms with E-state index in [2.05, 4.69) is 34.7 Å². The molecule has 1 aliphatic heterocycles. The van der Waals surface area contributed by atoms with Crippen molar-refractivity contribution in [3.63, 3.8) is 0 Å². The van der Waals surface area contributed by atoms with Gasteiger partial charge in [0.2, 0.25) is 11.8 Å². The quantitative estimate of drug-likeness (QED) is 0.746. The van der Waals surface area contributed by atoms with Crippen LogP contribution in [-0.2, 0) is 9.59 Å². The van der Waals surface area contributed by atoms with Crippen molar-refractivity contribution in [2.75, 3.05) is 33.9 Å². The minimum Gasteiger partial charge on any atom is -0.372 e. The van der Waals surface area contributed by atoms with Gasteiger partial charge in [-0.1, -0.05) is 12.1 Å². The summed E-state index contributed by atoms with van der Waals surface area (Å²) in [5.74, 6) is -0.400. The molecule has 2 aromatic rings. The molecule has 6 nitrogen and oxygen atoms in total. The van der Waals surface area contributed by atoms with Crippen molar-refractivity contribution in [1.29, 1.82) is 0 Å². The molecular weight excluding hydrogens is 328 g/mol. The Morgan fingerprint density at radius 2 is 1.69 bits per heavy atom. The molecule has 0 aliphatic carbocycles. The molecular formula is C20H24N4O2. The molecule has 0 radical (unpaired) electrons. The van der Waals surface area contributed by atoms with Gasteiger partial charge < -0.3 is 20.9 Å². The topological polar surface area (TPSA) is 73.5 Å². The molecule has 2 amide bonds. The normalized spacial score (nSPS) is 15.5. The van der Waals surface area contributed by atoms with Gasteiger partial charge in [0, 0.05) is 24.5 Å². The van der Waals surface area contributed by atoms with Crippen molar-refractivity contribution in [2.45, 2.75) is 26.3 Å². The fraction of sp³-hybridized carbons (Fsp3) is 0.300. The second-order valence-electron chi connectivity index (χ2n) is 6.20. The van der Waals surface area contributed by atoms with Crippen molar-refractivity contribution >= 4 is 34.6 Å². The first kappa shape index (κ1) is 17.8. The highest BCUT2D eigenvalue weighted by Crippen LogP contribution is 2.27. The molecule has 2 aromatic carbocycles. The molecule has 1 heterocycles. The lowest BCUT2D eigenvalue weighted by molar-refractivity contribution is -0.122. The molecule has 6 heteroatoms. The Kier molecular flexibility index (Phi) is 5.41. The van der Waals surface area contributed by atoms with E-state index >= 15 is 0 Å². The number of rotatable bonds is 6. The van der Waals surface area contributed by atoms with Gasteiger partial charge in [-0.3, -0.25) is 9.59 Å². The number of benzene rings is 2. The lowest BCUT2D eigenvalue weighted by Crippen LogP contribution is -2.41. The summed E-state index contributed by atoms with van der Waals surface area (Å²) in [5.41, 5.74) is 3.41. The minimum absolute atomic E-state index is 0.0674. The zero-order valence-corrected chi connectivity index (χ0v) is 15.1. The molecule has 1 unspecified atom stereocenters. The number of fused-ring (bicyclic) bond motifs is 1. The fourth-order valence-electron chi connectivity index (χ4n) is 3.08. The van der Waals surface area contributed by atoms with Crippen molar-refractivity contribution in [3.05, 3.63) is 48.5 Å². The number of carbonyl (C=O) groups excluding carboxylic acids is 2. The Labute approximate surface area is 153 Å². The number of amides is 2. The molecule has 26 heavy (non-hydrogen) atoms. The summed E-state index contributed by atoms with van der Waals surface area (Å²) in [6.07, 6.45) is 0.0674. The van der Waals surface area contributed by atoms with E-state index in [0.717, 1.165) is 35.8 Å². The largest absolute Gasteiger partial charge is 0.372 e. The SMILES string of the molecule is CCN(CC)c1ccc(NC(=O)CC2Nc3ccccc3NC2=O)cc1. The van der Waals surface area contributed by atoms with Crippen LogP contribution in [0.1, 0.15) is 20.3 Å². The zero-order chi connectivity index (χ0) is 18.5. The lowest BCUT2D eigenvalue weighted by atomic mass is 10.1. The predicted octanol–water partition coefficient (Wildman–Crippen LogP) is 3.29. The van der Waals surface area contributed by atoms with E-state index in [0.29, 0.717) is 0 Å². The first-order valence-electron chi connectivity index (χ1n) is 8.92. The maximum Gasteiger partial charge on any atom is 0.247 e. The summed E-state index contributed by atoms with van der Waals surface area (Å²) >= 11 is 0. The van der Waals surface area contributed by atoms with E-state index in [9.17, 15) is 9.59 Å². The molecule has 1 atom stereocenters. The Morgan fingerprint density at radius 1 is 1.04 bits per heavy atom. The van der Waals surface area contributed by atoms with E-state index < -0.39 is 6.04 Å². The monoisotopic (exact) mass is 352 g/mol. The van der Waals surface area contributed by atoms with Crippen LogP contribution >= 0.6 is 0 Å². The molecule has 3 rings (SSSR count). The summed E-state index contributed by atoms with van der Waals surface area (Å²) in [4.78, 5) is 26.7. The minimum atomic E-state index is -0.583. The van der Waals surface area contributed by atoms with Crippen molar-refractivity contribution in [1.82, 2.24) is 0 Å². The highest BCUT2D eigenvalue weighted by Gasteiger charge is 2.27. The summed E-state index contributed by atoms with van der Waals surface area (Å²) < 4.78 is 0. The number of para-hydroxylation sites is 2. The van der Waals surface area contributed by atoms with Crippen LogP contribution in [0.4, 0.5) is 22.7 Å². The van der Waals surface area contributed by atoms with Gasteiger partial charge in [-0.25, -0.2) is 0 Å². The predicted molar refractivity (Wildman–Crippen MR) is 106 cm³/mol. The van der Waals surface area contributed by atoms with Crippen LogP contribution in [0.15, 0.2) is 48.5 Å². The second-order valence-corrected chi connectivity index (χ2v) is 6.20. The van der Waals surface area contributed by atoms with Gasteiger partial charge in [-0.05, 0) is 50.2 Å². The Morgan fingerprint density at radius 3 is 2.35 bits per heavy atom. The molecule has 0 saturated carbocycles. The molecule has 0 bridgehead atoms. The third-order valence-electron chi connectivity index (χ3n) is 4.50. The van der Waals surface area contributed by atoms with E-state index in [1.807, 2.05) is 48.5 Å². The average molecular weight is 352 g/mol. The van der Waals surface area contributed by atoms with E-state index in [-0.39, 0.29) is 18.2 Å². The third-order valence-corrected chi connectivity index (χ3v) is 4.50. The van der Waals surface area contributed by atoms with E-state index in [1.165, 1.54) is 0 Å². The van der Waals surface area contributed by atoms with E-state index in [1.54, 1.807) is 0 Å². The molecule has 0 fully saturated rings. The summed E-state index contributed by atoms with van der Waals surface area (Å²) in [6, 6.07) is 14.6. The van der Waals surface area contributed by atoms with Gasteiger partial charge in [0.1, 0.15) is 6.04 Å².